The van der Waals surface area contributed by atoms with Crippen LogP contribution in [-0.2, 0) is 14.3 Å². The number of esters is 1. The molecule has 0 saturated heterocycles. The molecule has 0 unspecified atom stereocenters. The molecule has 0 heterocycles. The third kappa shape index (κ3) is 6.51. The van der Waals surface area contributed by atoms with Gasteiger partial charge in [-0.25, -0.2) is 4.79 Å². The van der Waals surface area contributed by atoms with Gasteiger partial charge in [-0.15, -0.1) is 0 Å². The second-order valence-electron chi connectivity index (χ2n) is 2.37. The highest BCUT2D eigenvalue weighted by molar-refractivity contribution is 9.12. The Kier molecular flexibility index (Phi) is 7.59. The van der Waals surface area contributed by atoms with Crippen molar-refractivity contribution in [1.29, 1.82) is 0 Å². The summed E-state index contributed by atoms with van der Waals surface area (Å²) in [5.74, 6) is -0.353. The highest BCUT2D eigenvalue weighted by Crippen LogP contribution is 2.09. The van der Waals surface area contributed by atoms with Crippen LogP contribution in [0.1, 0.15) is 26.2 Å². The van der Waals surface area contributed by atoms with Crippen molar-refractivity contribution in [3.05, 3.63) is 10.6 Å². The Morgan fingerprint density at radius 2 is 2.15 bits per heavy atom. The molecule has 0 aromatic carbocycles. The zero-order chi connectivity index (χ0) is 10.1. The Morgan fingerprint density at radius 1 is 1.46 bits per heavy atom. The second kappa shape index (κ2) is 7.98. The maximum Gasteiger partial charge on any atom is 0.344 e. The topological polar surface area (TPSA) is 43.4 Å². The summed E-state index contributed by atoms with van der Waals surface area (Å²) in [7, 11) is 0. The molecule has 0 spiro atoms. The monoisotopic (exact) mass is 248 g/mol. The summed E-state index contributed by atoms with van der Waals surface area (Å²) in [6.45, 7) is 2.13. The van der Waals surface area contributed by atoms with Crippen LogP contribution in [0.2, 0.25) is 0 Å². The van der Waals surface area contributed by atoms with Crippen LogP contribution in [0.3, 0.4) is 0 Å². The van der Waals surface area contributed by atoms with E-state index in [1.54, 1.807) is 13.0 Å². The molecular weight excluding hydrogens is 236 g/mol. The van der Waals surface area contributed by atoms with Gasteiger partial charge in [-0.3, -0.25) is 0 Å². The first-order valence-corrected chi connectivity index (χ1v) is 4.98. The molecule has 0 aromatic rings. The largest absolute Gasteiger partial charge is 0.462 e. The molecule has 0 rings (SSSR count). The lowest BCUT2D eigenvalue weighted by Gasteiger charge is -1.99. The fraction of sp³-hybridized carbons (Fsp3) is 0.556. The average molecular weight is 249 g/mol. The van der Waals surface area contributed by atoms with E-state index in [1.165, 1.54) is 0 Å². The molecule has 0 aliphatic heterocycles. The van der Waals surface area contributed by atoms with E-state index in [-0.39, 0.29) is 5.97 Å². The molecule has 0 aliphatic carbocycles. The van der Waals surface area contributed by atoms with Gasteiger partial charge in [0, 0.05) is 6.42 Å². The van der Waals surface area contributed by atoms with Crippen molar-refractivity contribution in [2.45, 2.75) is 26.2 Å². The lowest BCUT2D eigenvalue weighted by Crippen LogP contribution is -2.03. The summed E-state index contributed by atoms with van der Waals surface area (Å²) in [5.41, 5.74) is 0. The van der Waals surface area contributed by atoms with Crippen LogP contribution < -0.4 is 0 Å². The molecule has 3 nitrogen and oxygen atoms in total. The Morgan fingerprint density at radius 3 is 2.69 bits per heavy atom. The van der Waals surface area contributed by atoms with Crippen molar-refractivity contribution in [2.75, 3.05) is 6.61 Å². The van der Waals surface area contributed by atoms with Gasteiger partial charge in [-0.2, -0.15) is 0 Å². The third-order valence-corrected chi connectivity index (χ3v) is 1.97. The number of aldehydes is 1. The van der Waals surface area contributed by atoms with Crippen LogP contribution in [0.5, 0.6) is 0 Å². The molecule has 0 amide bonds. The number of halogens is 1. The molecule has 0 aromatic heterocycles. The summed E-state index contributed by atoms with van der Waals surface area (Å²) in [4.78, 5) is 21.0. The summed E-state index contributed by atoms with van der Waals surface area (Å²) in [5, 5.41) is 0. The van der Waals surface area contributed by atoms with Gasteiger partial charge < -0.3 is 9.53 Å². The van der Waals surface area contributed by atoms with Gasteiger partial charge in [0.05, 0.1) is 11.1 Å². The van der Waals surface area contributed by atoms with E-state index < -0.39 is 0 Å². The summed E-state index contributed by atoms with van der Waals surface area (Å²) in [6, 6.07) is 0. The second-order valence-corrected chi connectivity index (χ2v) is 3.22. The fourth-order valence-electron chi connectivity index (χ4n) is 0.713. The van der Waals surface area contributed by atoms with Crippen molar-refractivity contribution < 1.29 is 14.3 Å². The minimum atomic E-state index is -0.353. The molecule has 0 N–H and O–H groups in total. The molecular formula is C9H13BrO3. The summed E-state index contributed by atoms with van der Waals surface area (Å²) in [6.07, 6.45) is 4.59. The van der Waals surface area contributed by atoms with E-state index in [4.69, 9.17) is 4.74 Å². The third-order valence-electron chi connectivity index (χ3n) is 1.32. The quantitative estimate of drug-likeness (QED) is 0.313. The van der Waals surface area contributed by atoms with Gasteiger partial charge in [-0.05, 0) is 35.7 Å². The lowest BCUT2D eigenvalue weighted by atomic mass is 10.2. The van der Waals surface area contributed by atoms with Crippen LogP contribution >= 0.6 is 15.9 Å². The molecule has 0 fully saturated rings. The normalized spacial score (nSPS) is 11.1. The van der Waals surface area contributed by atoms with Crippen molar-refractivity contribution in [1.82, 2.24) is 0 Å². The highest BCUT2D eigenvalue weighted by Gasteiger charge is 2.04. The smallest absolute Gasteiger partial charge is 0.344 e. The molecule has 4 heteroatoms. The Labute approximate surface area is 86.3 Å². The van der Waals surface area contributed by atoms with Gasteiger partial charge in [0.1, 0.15) is 6.29 Å². The SMILES string of the molecule is CCOC(=O)/C(Br)=C/CCCC=O. The van der Waals surface area contributed by atoms with Gasteiger partial charge in [0.15, 0.2) is 0 Å². The molecule has 0 radical (unpaired) electrons. The number of hydrogen-bond acceptors (Lipinski definition) is 3. The highest BCUT2D eigenvalue weighted by atomic mass is 79.9. The maximum atomic E-state index is 11.0. The first-order valence-electron chi connectivity index (χ1n) is 4.18. The molecule has 0 bridgehead atoms. The predicted molar refractivity (Wildman–Crippen MR) is 53.6 cm³/mol. The first kappa shape index (κ1) is 12.4. The average Bonchev–Trinajstić information content (AvgIpc) is 2.12. The van der Waals surface area contributed by atoms with Crippen molar-refractivity contribution in [3.63, 3.8) is 0 Å². The van der Waals surface area contributed by atoms with E-state index in [0.29, 0.717) is 23.9 Å². The number of hydrogen-bond donors (Lipinski definition) is 0. The molecule has 0 saturated carbocycles. The first-order chi connectivity index (χ1) is 6.22. The standard InChI is InChI=1S/C9H13BrO3/c1-2-13-9(12)8(10)6-4-3-5-7-11/h6-7H,2-5H2,1H3/b8-6-. The zero-order valence-electron chi connectivity index (χ0n) is 7.59. The predicted octanol–water partition coefficient (Wildman–Crippen LogP) is 2.20. The molecule has 0 aliphatic rings. The molecule has 74 valence electrons. The van der Waals surface area contributed by atoms with E-state index in [1.807, 2.05) is 0 Å². The van der Waals surface area contributed by atoms with Crippen LogP contribution in [0.4, 0.5) is 0 Å². The van der Waals surface area contributed by atoms with Crippen molar-refractivity contribution in [2.24, 2.45) is 0 Å². The van der Waals surface area contributed by atoms with Crippen molar-refractivity contribution >= 4 is 28.2 Å². The van der Waals surface area contributed by atoms with E-state index in [2.05, 4.69) is 15.9 Å². The lowest BCUT2D eigenvalue weighted by molar-refractivity contribution is -0.137. The number of carbonyl (C=O) groups is 2. The summed E-state index contributed by atoms with van der Waals surface area (Å²) < 4.78 is 5.17. The summed E-state index contributed by atoms with van der Waals surface area (Å²) >= 11 is 3.09. The number of ether oxygens (including phenoxy) is 1. The fourth-order valence-corrected chi connectivity index (χ4v) is 1.06. The van der Waals surface area contributed by atoms with Crippen LogP contribution in [-0.4, -0.2) is 18.9 Å². The minimum absolute atomic E-state index is 0.353. The Hall–Kier alpha value is -0.640. The molecule has 13 heavy (non-hydrogen) atoms. The van der Waals surface area contributed by atoms with Crippen molar-refractivity contribution in [3.8, 4) is 0 Å². The van der Waals surface area contributed by atoms with Crippen LogP contribution in [0.25, 0.3) is 0 Å². The maximum absolute atomic E-state index is 11.0. The number of rotatable bonds is 6. The van der Waals surface area contributed by atoms with Gasteiger partial charge in [-0.1, -0.05) is 6.08 Å². The van der Waals surface area contributed by atoms with E-state index >= 15 is 0 Å². The molecule has 0 atom stereocenters. The van der Waals surface area contributed by atoms with Gasteiger partial charge in [0.2, 0.25) is 0 Å². The number of unbranched alkanes of at least 4 members (excludes halogenated alkanes) is 2. The van der Waals surface area contributed by atoms with E-state index in [9.17, 15) is 9.59 Å². The zero-order valence-corrected chi connectivity index (χ0v) is 9.17. The van der Waals surface area contributed by atoms with E-state index in [0.717, 1.165) is 12.7 Å². The van der Waals surface area contributed by atoms with Gasteiger partial charge >= 0.3 is 5.97 Å². The van der Waals surface area contributed by atoms with Crippen LogP contribution in [0.15, 0.2) is 10.6 Å². The number of allylic oxidation sites excluding steroid dienone is 1. The minimum Gasteiger partial charge on any atom is -0.462 e. The van der Waals surface area contributed by atoms with Gasteiger partial charge in [0.25, 0.3) is 0 Å². The Bertz CT molecular complexity index is 199. The Balaban J connectivity index is 3.73. The number of carbonyl (C=O) groups excluding carboxylic acids is 2. The van der Waals surface area contributed by atoms with Crippen LogP contribution in [0, 0.1) is 0 Å².